The quantitative estimate of drug-likeness (QED) is 0.325. The monoisotopic (exact) mass is 472 g/mol. The van der Waals surface area contributed by atoms with Crippen LogP contribution in [0.1, 0.15) is 51.0 Å². The molecule has 0 amide bonds. The zero-order valence-corrected chi connectivity index (χ0v) is 18.9. The van der Waals surface area contributed by atoms with Gasteiger partial charge in [-0.25, -0.2) is 17.8 Å². The molecule has 2 aliphatic heterocycles. The van der Waals surface area contributed by atoms with Gasteiger partial charge in [0.1, 0.15) is 5.03 Å². The summed E-state index contributed by atoms with van der Waals surface area (Å²) in [5.41, 5.74) is 0. The average Bonchev–Trinajstić information content (AvgIpc) is 3.39. The van der Waals surface area contributed by atoms with E-state index in [4.69, 9.17) is 20.2 Å². The third-order valence-corrected chi connectivity index (χ3v) is 6.51. The Morgan fingerprint density at radius 3 is 2.03 bits per heavy atom. The Hall–Kier alpha value is -0.713. The summed E-state index contributed by atoms with van der Waals surface area (Å²) in [6.45, 7) is 1.31. The summed E-state index contributed by atoms with van der Waals surface area (Å²) in [5.74, 6) is 0. The molecule has 10 nitrogen and oxygen atoms in total. The van der Waals surface area contributed by atoms with E-state index in [0.717, 1.165) is 38.5 Å². The number of aromatic nitrogens is 4. The molecule has 2 fully saturated rings. The molecule has 0 saturated carbocycles. The maximum absolute atomic E-state index is 11.2. The van der Waals surface area contributed by atoms with Crippen molar-refractivity contribution in [3.8, 4) is 0 Å². The van der Waals surface area contributed by atoms with E-state index < -0.39 is 20.1 Å². The Morgan fingerprint density at radius 2 is 1.53 bits per heavy atom. The summed E-state index contributed by atoms with van der Waals surface area (Å²) in [5, 5.41) is 8.08. The molecule has 0 aromatic carbocycles. The number of ether oxygens (including phenoxy) is 2. The summed E-state index contributed by atoms with van der Waals surface area (Å²) in [6.07, 6.45) is 8.04. The normalized spacial score (nSPS) is 23.0. The van der Waals surface area contributed by atoms with Gasteiger partial charge in [-0.2, -0.15) is 10.2 Å². The Labute approximate surface area is 194 Å². The zero-order valence-electron chi connectivity index (χ0n) is 16.6. The topological polar surface area (TPSA) is 128 Å². The fourth-order valence-corrected chi connectivity index (χ4v) is 4.66. The molecule has 0 aliphatic carbocycles. The molecule has 14 heteroatoms. The molecular weight excluding hydrogens is 451 g/mol. The minimum atomic E-state index is -3.75. The molecule has 0 N–H and O–H groups in total. The number of rotatable bonds is 4. The first-order chi connectivity index (χ1) is 13.9. The van der Waals surface area contributed by atoms with Crippen molar-refractivity contribution in [2.45, 2.75) is 61.0 Å². The molecule has 4 rings (SSSR count). The minimum Gasteiger partial charge on any atom is -0.767 e. The molecule has 4 heterocycles. The van der Waals surface area contributed by atoms with Crippen molar-refractivity contribution in [3.05, 3.63) is 24.5 Å². The molecule has 3 unspecified atom stereocenters. The molecule has 0 radical (unpaired) electrons. The third kappa shape index (κ3) is 6.64. The Morgan fingerprint density at radius 1 is 1.00 bits per heavy atom. The number of nitrogens with zero attached hydrogens (tertiary/aromatic N) is 4. The predicted molar refractivity (Wildman–Crippen MR) is 102 cm³/mol. The Bertz CT molecular complexity index is 926. The molecule has 0 bridgehead atoms. The van der Waals surface area contributed by atoms with Crippen LogP contribution < -0.4 is 18.9 Å². The van der Waals surface area contributed by atoms with E-state index in [1.807, 2.05) is 0 Å². The van der Waals surface area contributed by atoms with E-state index in [-0.39, 0.29) is 41.4 Å². The fraction of sp³-hybridized carbons (Fsp3) is 0.625. The number of halogens is 1. The molecule has 162 valence electrons. The summed E-state index contributed by atoms with van der Waals surface area (Å²) >= 11 is -2.24. The van der Waals surface area contributed by atoms with Crippen LogP contribution in [0.4, 0.5) is 0 Å². The second kappa shape index (κ2) is 11.8. The van der Waals surface area contributed by atoms with Gasteiger partial charge in [-0.1, -0.05) is 0 Å². The predicted octanol–water partition coefficient (Wildman–Crippen LogP) is -0.666. The van der Waals surface area contributed by atoms with E-state index in [1.165, 1.54) is 33.9 Å². The van der Waals surface area contributed by atoms with Gasteiger partial charge in [-0.3, -0.25) is 4.21 Å². The van der Waals surface area contributed by atoms with Gasteiger partial charge in [0.25, 0.3) is 9.05 Å². The van der Waals surface area contributed by atoms with Crippen molar-refractivity contribution in [1.29, 1.82) is 0 Å². The van der Waals surface area contributed by atoms with Gasteiger partial charge in [0, 0.05) is 23.9 Å². The van der Waals surface area contributed by atoms with Crippen molar-refractivity contribution in [3.63, 3.8) is 0 Å². The summed E-state index contributed by atoms with van der Waals surface area (Å²) < 4.78 is 57.7. The van der Waals surface area contributed by atoms with Crippen LogP contribution in [0.15, 0.2) is 34.6 Å². The first kappa shape index (κ1) is 25.5. The Kier molecular flexibility index (Phi) is 10.0. The van der Waals surface area contributed by atoms with Crippen molar-refractivity contribution in [2.75, 3.05) is 13.2 Å². The molecular formula is C16H22ClLiN4O6S2. The summed E-state index contributed by atoms with van der Waals surface area (Å²) in [7, 11) is 1.53. The van der Waals surface area contributed by atoms with Crippen LogP contribution in [-0.4, -0.2) is 50.0 Å². The molecule has 2 aromatic heterocycles. The van der Waals surface area contributed by atoms with Crippen LogP contribution in [0.25, 0.3) is 0 Å². The van der Waals surface area contributed by atoms with Crippen molar-refractivity contribution < 1.29 is 45.5 Å². The average molecular weight is 473 g/mol. The van der Waals surface area contributed by atoms with Crippen LogP contribution in [0, 0.1) is 0 Å². The van der Waals surface area contributed by atoms with Gasteiger partial charge < -0.3 is 14.0 Å². The fourth-order valence-electron chi connectivity index (χ4n) is 3.20. The van der Waals surface area contributed by atoms with E-state index >= 15 is 0 Å². The van der Waals surface area contributed by atoms with Gasteiger partial charge in [-0.05, 0) is 61.7 Å². The van der Waals surface area contributed by atoms with E-state index in [1.54, 1.807) is 0 Å². The molecule has 3 atom stereocenters. The third-order valence-electron chi connectivity index (χ3n) is 4.55. The van der Waals surface area contributed by atoms with Gasteiger partial charge >= 0.3 is 18.9 Å². The van der Waals surface area contributed by atoms with Crippen LogP contribution in [0.2, 0.25) is 0 Å². The Balaban J connectivity index is 0.000000207. The maximum Gasteiger partial charge on any atom is 1.00 e. The summed E-state index contributed by atoms with van der Waals surface area (Å²) in [4.78, 5) is 0. The molecule has 30 heavy (non-hydrogen) atoms. The van der Waals surface area contributed by atoms with Crippen LogP contribution >= 0.6 is 10.7 Å². The van der Waals surface area contributed by atoms with Gasteiger partial charge in [0.2, 0.25) is 0 Å². The van der Waals surface area contributed by atoms with E-state index in [9.17, 15) is 17.2 Å². The van der Waals surface area contributed by atoms with Gasteiger partial charge in [0.15, 0.2) is 17.5 Å². The zero-order chi connectivity index (χ0) is 20.9. The van der Waals surface area contributed by atoms with Gasteiger partial charge in [0.05, 0.1) is 12.4 Å². The molecule has 0 spiro atoms. The first-order valence-electron chi connectivity index (χ1n) is 9.22. The smallest absolute Gasteiger partial charge is 0.767 e. The van der Waals surface area contributed by atoms with Crippen molar-refractivity contribution >= 4 is 30.8 Å². The van der Waals surface area contributed by atoms with E-state index in [0.29, 0.717) is 13.2 Å². The van der Waals surface area contributed by atoms with Crippen molar-refractivity contribution in [2.24, 2.45) is 0 Å². The van der Waals surface area contributed by atoms with Crippen LogP contribution in [0.5, 0.6) is 0 Å². The minimum absolute atomic E-state index is 0. The SMILES string of the molecule is O=S(=O)(Cl)c1ccnn1C1CCCCO1.O=S([O-])c1ccnn1C1CCCCO1.[Li+]. The molecule has 2 saturated heterocycles. The van der Waals surface area contributed by atoms with E-state index in [2.05, 4.69) is 10.2 Å². The van der Waals surface area contributed by atoms with Gasteiger partial charge in [-0.15, -0.1) is 0 Å². The molecule has 2 aromatic rings. The van der Waals surface area contributed by atoms with Crippen LogP contribution in [-0.2, 0) is 29.6 Å². The maximum atomic E-state index is 11.2. The largest absolute Gasteiger partial charge is 1.00 e. The van der Waals surface area contributed by atoms with Crippen molar-refractivity contribution in [1.82, 2.24) is 19.6 Å². The number of hydrogen-bond donors (Lipinski definition) is 0. The summed E-state index contributed by atoms with van der Waals surface area (Å²) in [6, 6.07) is 2.85. The molecule has 2 aliphatic rings. The first-order valence-corrected chi connectivity index (χ1v) is 12.6. The van der Waals surface area contributed by atoms with Crippen LogP contribution in [0.3, 0.4) is 0 Å². The second-order valence-electron chi connectivity index (χ2n) is 6.54. The standard InChI is InChI=1S/C8H11ClN2O3S.C8H12N2O3S.Li/c9-15(12,13)8-4-5-10-11(8)7-3-1-2-6-14-7;11-14(12)8-4-5-9-10(8)7-3-1-2-6-13-7;/h4-5,7H,1-3,6H2;4-5,7H,1-3,6H2,(H,11,12);/q;;+1/p-1. The second-order valence-corrected chi connectivity index (χ2v) is 9.94. The number of hydrogen-bond acceptors (Lipinski definition) is 8.